The van der Waals surface area contributed by atoms with Crippen molar-refractivity contribution < 1.29 is 18.1 Å². The first-order valence-corrected chi connectivity index (χ1v) is 9.75. The van der Waals surface area contributed by atoms with Gasteiger partial charge in [-0.3, -0.25) is 10.1 Å². The number of imidazole rings is 1. The molecule has 2 unspecified atom stereocenters. The average molecular weight is 462 g/mol. The monoisotopic (exact) mass is 461 g/mol. The topological polar surface area (TPSA) is 61.0 Å². The molecule has 0 amide bonds. The summed E-state index contributed by atoms with van der Waals surface area (Å²) >= 11 is 13.6. The number of hydrogen-bond donors (Lipinski definition) is 0. The number of benzene rings is 2. The number of thioether (sulfide) groups is 1. The second-order valence-electron chi connectivity index (χ2n) is 5.91. The number of halogens is 5. The van der Waals surface area contributed by atoms with Crippen LogP contribution in [0.25, 0.3) is 0 Å². The van der Waals surface area contributed by atoms with Gasteiger partial charge in [0.05, 0.1) is 16.5 Å². The van der Waals surface area contributed by atoms with Gasteiger partial charge in [0.15, 0.2) is 0 Å². The largest absolute Gasteiger partial charge is 0.423 e. The van der Waals surface area contributed by atoms with E-state index in [1.54, 1.807) is 35.0 Å². The fraction of sp³-hybridized carbons (Fsp3) is 0.167. The minimum absolute atomic E-state index is 0.189. The van der Waals surface area contributed by atoms with Gasteiger partial charge >= 0.3 is 6.18 Å². The summed E-state index contributed by atoms with van der Waals surface area (Å²) in [5, 5.41) is 11.0. The lowest BCUT2D eigenvalue weighted by Gasteiger charge is -2.24. The molecular weight excluding hydrogens is 450 g/mol. The number of nitro groups is 1. The molecule has 0 radical (unpaired) electrons. The van der Waals surface area contributed by atoms with Crippen molar-refractivity contribution in [3.63, 3.8) is 0 Å². The van der Waals surface area contributed by atoms with Gasteiger partial charge in [0.25, 0.3) is 5.69 Å². The van der Waals surface area contributed by atoms with Gasteiger partial charge in [0.2, 0.25) is 0 Å². The van der Waals surface area contributed by atoms with Crippen molar-refractivity contribution in [2.75, 3.05) is 0 Å². The van der Waals surface area contributed by atoms with Crippen LogP contribution in [-0.2, 0) is 6.18 Å². The third kappa shape index (κ3) is 5.04. The molecule has 0 aliphatic rings. The maximum absolute atomic E-state index is 13.3. The molecule has 11 heteroatoms. The van der Waals surface area contributed by atoms with E-state index in [0.717, 1.165) is 29.5 Å². The Balaban J connectivity index is 2.01. The average Bonchev–Trinajstić information content (AvgIpc) is 3.20. The maximum atomic E-state index is 13.3. The number of alkyl halides is 4. The molecule has 0 aliphatic carbocycles. The second-order valence-corrected chi connectivity index (χ2v) is 8.00. The lowest BCUT2D eigenvalue weighted by molar-refractivity contribution is -0.388. The summed E-state index contributed by atoms with van der Waals surface area (Å²) in [6.45, 7) is 0. The molecule has 0 bridgehead atoms. The lowest BCUT2D eigenvalue weighted by atomic mass is 10.1. The van der Waals surface area contributed by atoms with Crippen molar-refractivity contribution >= 4 is 40.7 Å². The van der Waals surface area contributed by atoms with Crippen molar-refractivity contribution in [3.8, 4) is 0 Å². The van der Waals surface area contributed by atoms with Gasteiger partial charge in [-0.1, -0.05) is 35.3 Å². The van der Waals surface area contributed by atoms with Crippen molar-refractivity contribution in [2.24, 2.45) is 0 Å². The Morgan fingerprint density at radius 3 is 2.41 bits per heavy atom. The normalized spacial score (nSPS) is 13.8. The molecule has 0 aliphatic heterocycles. The van der Waals surface area contributed by atoms with E-state index in [9.17, 15) is 23.3 Å². The highest BCUT2D eigenvalue weighted by atomic mass is 35.5. The predicted octanol–water partition coefficient (Wildman–Crippen LogP) is 6.73. The van der Waals surface area contributed by atoms with Crippen LogP contribution in [0.15, 0.2) is 66.1 Å². The summed E-state index contributed by atoms with van der Waals surface area (Å²) in [6, 6.07) is 9.65. The Hall–Kier alpha value is -2.23. The van der Waals surface area contributed by atoms with E-state index in [-0.39, 0.29) is 4.90 Å². The highest BCUT2D eigenvalue weighted by Gasteiger charge is 2.38. The van der Waals surface area contributed by atoms with E-state index in [1.807, 2.05) is 0 Å². The van der Waals surface area contributed by atoms with Crippen LogP contribution in [0, 0.1) is 10.1 Å². The molecule has 2 atom stereocenters. The van der Waals surface area contributed by atoms with Crippen LogP contribution in [0.2, 0.25) is 5.02 Å². The molecule has 29 heavy (non-hydrogen) atoms. The molecule has 0 spiro atoms. The number of nitrogens with zero attached hydrogens (tertiary/aromatic N) is 3. The Kier molecular flexibility index (Phi) is 6.40. The van der Waals surface area contributed by atoms with E-state index in [1.165, 1.54) is 18.6 Å². The maximum Gasteiger partial charge on any atom is 0.423 e. The Bertz CT molecular complexity index is 999. The van der Waals surface area contributed by atoms with Crippen molar-refractivity contribution in [2.45, 2.75) is 21.8 Å². The highest BCUT2D eigenvalue weighted by molar-refractivity contribution is 7.99. The number of hydrogen-bond acceptors (Lipinski definition) is 4. The summed E-state index contributed by atoms with van der Waals surface area (Å²) in [7, 11) is 0. The van der Waals surface area contributed by atoms with Gasteiger partial charge in [-0.15, -0.1) is 11.8 Å². The molecule has 0 saturated heterocycles. The predicted molar refractivity (Wildman–Crippen MR) is 105 cm³/mol. The summed E-state index contributed by atoms with van der Waals surface area (Å²) in [5.74, 6) is 0. The summed E-state index contributed by atoms with van der Waals surface area (Å²) < 4.78 is 41.5. The minimum Gasteiger partial charge on any atom is -0.319 e. The van der Waals surface area contributed by atoms with E-state index in [0.29, 0.717) is 5.02 Å². The molecule has 0 fully saturated rings. The molecule has 3 rings (SSSR count). The molecule has 1 heterocycles. The number of rotatable bonds is 6. The first-order valence-electron chi connectivity index (χ1n) is 8.06. The number of aromatic nitrogens is 2. The van der Waals surface area contributed by atoms with Crippen LogP contribution in [-0.4, -0.2) is 14.5 Å². The molecule has 0 N–H and O–H groups in total. The van der Waals surface area contributed by atoms with E-state index in [2.05, 4.69) is 4.98 Å². The zero-order chi connectivity index (χ0) is 21.2. The Morgan fingerprint density at radius 2 is 1.86 bits per heavy atom. The lowest BCUT2D eigenvalue weighted by Crippen LogP contribution is -2.11. The van der Waals surface area contributed by atoms with E-state index >= 15 is 0 Å². The fourth-order valence-electron chi connectivity index (χ4n) is 2.63. The molecule has 5 nitrogen and oxygen atoms in total. The molecule has 3 aromatic rings. The van der Waals surface area contributed by atoms with Crippen LogP contribution in [0.5, 0.6) is 0 Å². The van der Waals surface area contributed by atoms with Crippen LogP contribution in [0.1, 0.15) is 21.9 Å². The van der Waals surface area contributed by atoms with Crippen molar-refractivity contribution in [1.29, 1.82) is 0 Å². The smallest absolute Gasteiger partial charge is 0.319 e. The van der Waals surface area contributed by atoms with Gasteiger partial charge in [0, 0.05) is 28.4 Å². The molecule has 152 valence electrons. The van der Waals surface area contributed by atoms with Gasteiger partial charge in [-0.25, -0.2) is 4.98 Å². The summed E-state index contributed by atoms with van der Waals surface area (Å²) in [4.78, 5) is 14.1. The van der Waals surface area contributed by atoms with Crippen molar-refractivity contribution in [1.82, 2.24) is 9.55 Å². The first kappa shape index (κ1) is 21.5. The number of nitro benzene ring substituents is 1. The van der Waals surface area contributed by atoms with Gasteiger partial charge in [-0.2, -0.15) is 13.2 Å². The summed E-state index contributed by atoms with van der Waals surface area (Å²) in [5.41, 5.74) is -2.27. The van der Waals surface area contributed by atoms with E-state index in [4.69, 9.17) is 23.2 Å². The molecule has 2 aromatic carbocycles. The quantitative estimate of drug-likeness (QED) is 0.176. The van der Waals surface area contributed by atoms with Gasteiger partial charge < -0.3 is 4.57 Å². The van der Waals surface area contributed by atoms with Crippen LogP contribution >= 0.6 is 35.0 Å². The Labute approximate surface area is 177 Å². The third-order valence-corrected chi connectivity index (χ3v) is 6.18. The Morgan fingerprint density at radius 1 is 1.17 bits per heavy atom. The third-order valence-electron chi connectivity index (χ3n) is 3.99. The van der Waals surface area contributed by atoms with Crippen LogP contribution in [0.3, 0.4) is 0 Å². The molecular formula is C18H12Cl2F3N3O2S. The highest BCUT2D eigenvalue weighted by Crippen LogP contribution is 2.47. The van der Waals surface area contributed by atoms with Gasteiger partial charge in [-0.05, 0) is 29.8 Å². The molecule has 1 aromatic heterocycles. The summed E-state index contributed by atoms with van der Waals surface area (Å²) in [6.07, 6.45) is -0.192. The second kappa shape index (κ2) is 8.64. The van der Waals surface area contributed by atoms with Crippen molar-refractivity contribution in [3.05, 3.63) is 87.4 Å². The van der Waals surface area contributed by atoms with Crippen LogP contribution in [0.4, 0.5) is 18.9 Å². The van der Waals surface area contributed by atoms with E-state index < -0.39 is 33.1 Å². The zero-order valence-electron chi connectivity index (χ0n) is 14.4. The standard InChI is InChI=1S/C18H12Cl2F3N3O2S/c19-12-3-1-11(2-4-12)16(17(20)25-8-7-24-10-25)29-13-5-6-15(26(27)28)14(9-13)18(21,22)23/h1-10,16-17H. The molecule has 0 saturated carbocycles. The minimum atomic E-state index is -4.86. The zero-order valence-corrected chi connectivity index (χ0v) is 16.7. The first-order chi connectivity index (χ1) is 13.7. The van der Waals surface area contributed by atoms with Gasteiger partial charge in [0.1, 0.15) is 11.1 Å². The SMILES string of the molecule is O=[N+]([O-])c1ccc(SC(c2ccc(Cl)cc2)C(Cl)n2ccnc2)cc1C(F)(F)F. The van der Waals surface area contributed by atoms with Crippen LogP contribution < -0.4 is 0 Å². The fourth-order valence-corrected chi connectivity index (χ4v) is 4.34.